The molecule has 0 aliphatic rings. The number of rotatable bonds is 1. The van der Waals surface area contributed by atoms with Gasteiger partial charge in [0.15, 0.2) is 0 Å². The SMILES string of the molecule is C.C/C=C(\C)c1ccccc1C.C=CC. The number of hydrogen-bond acceptors (Lipinski definition) is 0. The Morgan fingerprint density at radius 1 is 1.20 bits per heavy atom. The second-order valence-electron chi connectivity index (χ2n) is 3.19. The zero-order chi connectivity index (χ0) is 11.0. The maximum atomic E-state index is 3.36. The summed E-state index contributed by atoms with van der Waals surface area (Å²) in [6, 6.07) is 8.45. The first-order chi connectivity index (χ1) is 6.67. The van der Waals surface area contributed by atoms with Crippen LogP contribution in [0.2, 0.25) is 0 Å². The first-order valence-corrected chi connectivity index (χ1v) is 4.93. The zero-order valence-corrected chi connectivity index (χ0v) is 9.67. The third-order valence-electron chi connectivity index (χ3n) is 2.00. The Morgan fingerprint density at radius 3 is 2.07 bits per heavy atom. The van der Waals surface area contributed by atoms with E-state index in [0.717, 1.165) is 0 Å². The van der Waals surface area contributed by atoms with Crippen LogP contribution in [-0.2, 0) is 0 Å². The summed E-state index contributed by atoms with van der Waals surface area (Å²) in [6.07, 6.45) is 3.89. The van der Waals surface area contributed by atoms with E-state index in [-0.39, 0.29) is 7.43 Å². The number of aryl methyl sites for hydroxylation is 1. The second-order valence-corrected chi connectivity index (χ2v) is 3.19. The molecule has 0 saturated carbocycles. The van der Waals surface area contributed by atoms with Gasteiger partial charge in [0.1, 0.15) is 0 Å². The lowest BCUT2D eigenvalue weighted by Gasteiger charge is -2.03. The molecule has 0 saturated heterocycles. The number of allylic oxidation sites excluding steroid dienone is 3. The van der Waals surface area contributed by atoms with Gasteiger partial charge < -0.3 is 0 Å². The Bertz CT molecular complexity index is 306. The molecule has 0 radical (unpaired) electrons. The summed E-state index contributed by atoms with van der Waals surface area (Å²) in [6.45, 7) is 11.6. The van der Waals surface area contributed by atoms with E-state index in [1.807, 2.05) is 6.92 Å². The van der Waals surface area contributed by atoms with Gasteiger partial charge in [-0.15, -0.1) is 6.58 Å². The lowest BCUT2D eigenvalue weighted by molar-refractivity contribution is 1.40. The minimum Gasteiger partial charge on any atom is -0.103 e. The van der Waals surface area contributed by atoms with Gasteiger partial charge in [-0.2, -0.15) is 0 Å². The topological polar surface area (TPSA) is 0 Å². The van der Waals surface area contributed by atoms with Crippen LogP contribution in [0.1, 0.15) is 39.3 Å². The van der Waals surface area contributed by atoms with Crippen molar-refractivity contribution in [1.29, 1.82) is 0 Å². The van der Waals surface area contributed by atoms with Gasteiger partial charge in [-0.25, -0.2) is 0 Å². The predicted molar refractivity (Wildman–Crippen MR) is 73.1 cm³/mol. The van der Waals surface area contributed by atoms with Crippen molar-refractivity contribution in [2.24, 2.45) is 0 Å². The highest BCUT2D eigenvalue weighted by atomic mass is 14.0. The molecule has 0 aromatic heterocycles. The summed E-state index contributed by atoms with van der Waals surface area (Å²) in [5.41, 5.74) is 4.06. The van der Waals surface area contributed by atoms with Gasteiger partial charge in [0, 0.05) is 0 Å². The first-order valence-electron chi connectivity index (χ1n) is 4.93. The first kappa shape index (κ1) is 16.1. The normalized spacial score (nSPS) is 9.47. The van der Waals surface area contributed by atoms with Gasteiger partial charge in [0.2, 0.25) is 0 Å². The Labute approximate surface area is 95.3 Å². The largest absolute Gasteiger partial charge is 0.103 e. The molecular formula is C15H24. The summed E-state index contributed by atoms with van der Waals surface area (Å²) in [5, 5.41) is 0. The van der Waals surface area contributed by atoms with Crippen LogP contribution in [-0.4, -0.2) is 0 Å². The molecule has 0 heterocycles. The average molecular weight is 204 g/mol. The molecule has 0 N–H and O–H groups in total. The van der Waals surface area contributed by atoms with Gasteiger partial charge in [0.05, 0.1) is 0 Å². The highest BCUT2D eigenvalue weighted by Gasteiger charge is 1.95. The maximum absolute atomic E-state index is 3.36. The van der Waals surface area contributed by atoms with Crippen molar-refractivity contribution in [3.63, 3.8) is 0 Å². The zero-order valence-electron chi connectivity index (χ0n) is 9.67. The van der Waals surface area contributed by atoms with E-state index in [1.165, 1.54) is 16.7 Å². The fraction of sp³-hybridized carbons (Fsp3) is 0.333. The van der Waals surface area contributed by atoms with E-state index in [9.17, 15) is 0 Å². The molecule has 0 aliphatic carbocycles. The third kappa shape index (κ3) is 5.90. The van der Waals surface area contributed by atoms with Crippen molar-refractivity contribution in [2.45, 2.75) is 35.1 Å². The Hall–Kier alpha value is -1.30. The molecule has 15 heavy (non-hydrogen) atoms. The summed E-state index contributed by atoms with van der Waals surface area (Å²) in [4.78, 5) is 0. The lowest BCUT2D eigenvalue weighted by Crippen LogP contribution is -1.83. The van der Waals surface area contributed by atoms with E-state index in [4.69, 9.17) is 0 Å². The maximum Gasteiger partial charge on any atom is -0.0201 e. The standard InChI is InChI=1S/C11H14.C3H6.CH4/c1-4-9(2)11-8-6-5-7-10(11)3;1-3-2;/h4-8H,1-3H3;3H,1H2,2H3;1H4/b9-4+;;. The van der Waals surface area contributed by atoms with Crippen LogP contribution in [0, 0.1) is 6.92 Å². The van der Waals surface area contributed by atoms with Crippen LogP contribution in [0.5, 0.6) is 0 Å². The van der Waals surface area contributed by atoms with Gasteiger partial charge in [-0.1, -0.05) is 43.8 Å². The van der Waals surface area contributed by atoms with Crippen molar-refractivity contribution in [2.75, 3.05) is 0 Å². The number of hydrogen-bond donors (Lipinski definition) is 0. The Morgan fingerprint density at radius 2 is 1.67 bits per heavy atom. The van der Waals surface area contributed by atoms with E-state index in [1.54, 1.807) is 6.08 Å². The van der Waals surface area contributed by atoms with Gasteiger partial charge in [0.25, 0.3) is 0 Å². The molecule has 0 fully saturated rings. The van der Waals surface area contributed by atoms with E-state index >= 15 is 0 Å². The third-order valence-corrected chi connectivity index (χ3v) is 2.00. The van der Waals surface area contributed by atoms with Crippen LogP contribution < -0.4 is 0 Å². The molecule has 0 heteroatoms. The summed E-state index contributed by atoms with van der Waals surface area (Å²) >= 11 is 0. The molecule has 0 amide bonds. The molecule has 1 aromatic carbocycles. The molecule has 0 nitrogen and oxygen atoms in total. The summed E-state index contributed by atoms with van der Waals surface area (Å²) in [7, 11) is 0. The summed E-state index contributed by atoms with van der Waals surface area (Å²) < 4.78 is 0. The highest BCUT2D eigenvalue weighted by molar-refractivity contribution is 5.65. The minimum absolute atomic E-state index is 0. The quantitative estimate of drug-likeness (QED) is 0.548. The van der Waals surface area contributed by atoms with Crippen LogP contribution in [0.25, 0.3) is 5.57 Å². The van der Waals surface area contributed by atoms with Crippen molar-refractivity contribution < 1.29 is 0 Å². The Kier molecular flexibility index (Phi) is 9.97. The predicted octanol–water partition coefficient (Wildman–Crippen LogP) is 5.25. The molecule has 1 rings (SSSR count). The van der Waals surface area contributed by atoms with Crippen LogP contribution in [0.15, 0.2) is 43.0 Å². The highest BCUT2D eigenvalue weighted by Crippen LogP contribution is 2.16. The molecule has 0 spiro atoms. The minimum atomic E-state index is 0. The molecule has 0 bridgehead atoms. The van der Waals surface area contributed by atoms with Gasteiger partial charge in [-0.05, 0) is 44.4 Å². The molecule has 84 valence electrons. The molecular weight excluding hydrogens is 180 g/mol. The number of benzene rings is 1. The van der Waals surface area contributed by atoms with Crippen molar-refractivity contribution >= 4 is 5.57 Å². The summed E-state index contributed by atoms with van der Waals surface area (Å²) in [5.74, 6) is 0. The van der Waals surface area contributed by atoms with Crippen LogP contribution in [0.4, 0.5) is 0 Å². The van der Waals surface area contributed by atoms with Crippen molar-refractivity contribution in [3.05, 3.63) is 54.1 Å². The van der Waals surface area contributed by atoms with E-state index < -0.39 is 0 Å². The fourth-order valence-corrected chi connectivity index (χ4v) is 1.17. The molecule has 0 atom stereocenters. The fourth-order valence-electron chi connectivity index (χ4n) is 1.17. The van der Waals surface area contributed by atoms with Crippen molar-refractivity contribution in [1.82, 2.24) is 0 Å². The smallest absolute Gasteiger partial charge is 0.0201 e. The van der Waals surface area contributed by atoms with Gasteiger partial charge in [-0.3, -0.25) is 0 Å². The monoisotopic (exact) mass is 204 g/mol. The Balaban J connectivity index is 0. The lowest BCUT2D eigenvalue weighted by atomic mass is 10.0. The average Bonchev–Trinajstić information content (AvgIpc) is 2.19. The molecule has 0 unspecified atom stereocenters. The van der Waals surface area contributed by atoms with Crippen LogP contribution in [0.3, 0.4) is 0 Å². The van der Waals surface area contributed by atoms with Crippen LogP contribution >= 0.6 is 0 Å². The van der Waals surface area contributed by atoms with E-state index in [0.29, 0.717) is 0 Å². The van der Waals surface area contributed by atoms with Gasteiger partial charge >= 0.3 is 0 Å². The molecule has 1 aromatic rings. The van der Waals surface area contributed by atoms with Crippen molar-refractivity contribution in [3.8, 4) is 0 Å². The second kappa shape index (κ2) is 9.26. The molecule has 0 aliphatic heterocycles. The van der Waals surface area contributed by atoms with E-state index in [2.05, 4.69) is 57.7 Å².